The molecular weight excluding hydrogens is 396 g/mol. The molecule has 0 N–H and O–H groups in total. The lowest BCUT2D eigenvalue weighted by atomic mass is 10.1. The third kappa shape index (κ3) is 3.19. The van der Waals surface area contributed by atoms with Crippen molar-refractivity contribution in [3.63, 3.8) is 0 Å². The zero-order valence-electron chi connectivity index (χ0n) is 17.4. The number of benzene rings is 2. The Morgan fingerprint density at radius 1 is 1.10 bits per heavy atom. The van der Waals surface area contributed by atoms with Crippen LogP contribution in [0.2, 0.25) is 0 Å². The number of piperazine rings is 1. The summed E-state index contributed by atoms with van der Waals surface area (Å²) < 4.78 is 7.13. The largest absolute Gasteiger partial charge is 0.451 e. The van der Waals surface area contributed by atoms with Gasteiger partial charge in [0.15, 0.2) is 10.9 Å². The molecule has 5 rings (SSSR count). The molecular formula is C23H24N4O2S. The predicted octanol–water partition coefficient (Wildman–Crippen LogP) is 4.38. The number of thiazole rings is 1. The summed E-state index contributed by atoms with van der Waals surface area (Å²) in [4.78, 5) is 24.1. The van der Waals surface area contributed by atoms with Crippen LogP contribution in [0.25, 0.3) is 21.2 Å². The van der Waals surface area contributed by atoms with Crippen molar-refractivity contribution in [2.24, 2.45) is 0 Å². The SMILES string of the molecule is Cc1c(C(=O)N2CCN(c3ccccc3)CC2)oc2cc3sc(N(C)C)nc3cc12. The zero-order chi connectivity index (χ0) is 20.8. The van der Waals surface area contributed by atoms with Crippen LogP contribution in [-0.4, -0.2) is 56.1 Å². The minimum Gasteiger partial charge on any atom is -0.451 e. The Morgan fingerprint density at radius 3 is 2.53 bits per heavy atom. The molecule has 1 saturated heterocycles. The number of aromatic nitrogens is 1. The molecule has 0 bridgehead atoms. The minimum atomic E-state index is -0.0262. The van der Waals surface area contributed by atoms with Crippen LogP contribution < -0.4 is 9.80 Å². The molecule has 0 spiro atoms. The fourth-order valence-corrected chi connectivity index (χ4v) is 4.87. The number of nitrogens with zero attached hydrogens (tertiary/aromatic N) is 4. The number of carbonyl (C=O) groups excluding carboxylic acids is 1. The van der Waals surface area contributed by atoms with Gasteiger partial charge in [-0.2, -0.15) is 0 Å². The molecule has 1 amide bonds. The van der Waals surface area contributed by atoms with E-state index in [9.17, 15) is 4.79 Å². The van der Waals surface area contributed by atoms with E-state index in [1.54, 1.807) is 11.3 Å². The second kappa shape index (κ2) is 7.32. The zero-order valence-corrected chi connectivity index (χ0v) is 18.2. The molecule has 1 aliphatic rings. The normalized spacial score (nSPS) is 14.6. The number of anilines is 2. The number of hydrogen-bond donors (Lipinski definition) is 0. The molecule has 0 atom stereocenters. The number of amides is 1. The Bertz CT molecular complexity index is 1220. The van der Waals surface area contributed by atoms with Gasteiger partial charge in [0.1, 0.15) is 5.58 Å². The summed E-state index contributed by atoms with van der Waals surface area (Å²) >= 11 is 1.62. The molecule has 2 aromatic heterocycles. The molecule has 7 heteroatoms. The molecule has 30 heavy (non-hydrogen) atoms. The van der Waals surface area contributed by atoms with Gasteiger partial charge in [-0.05, 0) is 25.1 Å². The van der Waals surface area contributed by atoms with Crippen molar-refractivity contribution in [3.05, 3.63) is 53.8 Å². The van der Waals surface area contributed by atoms with Crippen LogP contribution in [0.3, 0.4) is 0 Å². The van der Waals surface area contributed by atoms with E-state index in [0.717, 1.165) is 45.0 Å². The molecule has 0 aliphatic carbocycles. The van der Waals surface area contributed by atoms with E-state index in [2.05, 4.69) is 22.0 Å². The van der Waals surface area contributed by atoms with Crippen LogP contribution in [0.4, 0.5) is 10.8 Å². The van der Waals surface area contributed by atoms with Gasteiger partial charge >= 0.3 is 0 Å². The van der Waals surface area contributed by atoms with E-state index < -0.39 is 0 Å². The molecule has 0 saturated carbocycles. The number of aryl methyl sites for hydroxylation is 1. The second-order valence-corrected chi connectivity index (χ2v) is 8.89. The average molecular weight is 421 g/mol. The van der Waals surface area contributed by atoms with Gasteiger partial charge in [0, 0.05) is 63.0 Å². The number of furan rings is 1. The molecule has 0 radical (unpaired) electrons. The quantitative estimate of drug-likeness (QED) is 0.492. The van der Waals surface area contributed by atoms with Crippen LogP contribution in [0.5, 0.6) is 0 Å². The van der Waals surface area contributed by atoms with Gasteiger partial charge in [-0.3, -0.25) is 4.79 Å². The standard InChI is InChI=1S/C23H24N4O2S/c1-15-17-13-18-20(30-23(24-18)25(2)3)14-19(17)29-21(15)22(28)27-11-9-26(10-12-27)16-7-5-4-6-8-16/h4-8,13-14H,9-12H2,1-3H3. The number of para-hydroxylation sites is 1. The predicted molar refractivity (Wildman–Crippen MR) is 123 cm³/mol. The summed E-state index contributed by atoms with van der Waals surface area (Å²) in [5.41, 5.74) is 3.78. The highest BCUT2D eigenvalue weighted by atomic mass is 32.1. The van der Waals surface area contributed by atoms with E-state index in [-0.39, 0.29) is 5.91 Å². The van der Waals surface area contributed by atoms with Crippen molar-refractivity contribution < 1.29 is 9.21 Å². The van der Waals surface area contributed by atoms with Crippen molar-refractivity contribution in [2.75, 3.05) is 50.1 Å². The molecule has 1 fully saturated rings. The van der Waals surface area contributed by atoms with E-state index in [0.29, 0.717) is 18.8 Å². The van der Waals surface area contributed by atoms with Gasteiger partial charge in [-0.1, -0.05) is 29.5 Å². The molecule has 0 unspecified atom stereocenters. The lowest BCUT2D eigenvalue weighted by Gasteiger charge is -2.35. The van der Waals surface area contributed by atoms with Gasteiger partial charge in [0.25, 0.3) is 5.91 Å². The Kier molecular flexibility index (Phi) is 4.62. The third-order valence-electron chi connectivity index (χ3n) is 5.70. The van der Waals surface area contributed by atoms with E-state index >= 15 is 0 Å². The van der Waals surface area contributed by atoms with Gasteiger partial charge in [-0.25, -0.2) is 4.98 Å². The Hall–Kier alpha value is -3.06. The molecule has 3 heterocycles. The van der Waals surface area contributed by atoms with Crippen LogP contribution in [0.1, 0.15) is 16.1 Å². The maximum absolute atomic E-state index is 13.2. The van der Waals surface area contributed by atoms with Crippen LogP contribution >= 0.6 is 11.3 Å². The Labute approximate surface area is 179 Å². The molecule has 6 nitrogen and oxygen atoms in total. The first-order valence-electron chi connectivity index (χ1n) is 10.1. The lowest BCUT2D eigenvalue weighted by Crippen LogP contribution is -2.48. The van der Waals surface area contributed by atoms with Gasteiger partial charge < -0.3 is 19.1 Å². The minimum absolute atomic E-state index is 0.0262. The average Bonchev–Trinajstić information content (AvgIpc) is 3.33. The summed E-state index contributed by atoms with van der Waals surface area (Å²) in [7, 11) is 3.97. The second-order valence-electron chi connectivity index (χ2n) is 7.88. The van der Waals surface area contributed by atoms with Gasteiger partial charge in [-0.15, -0.1) is 0 Å². The number of fused-ring (bicyclic) bond motifs is 2. The van der Waals surface area contributed by atoms with E-state index in [1.165, 1.54) is 5.69 Å². The first-order valence-corrected chi connectivity index (χ1v) is 10.9. The lowest BCUT2D eigenvalue weighted by molar-refractivity contribution is 0.0716. The van der Waals surface area contributed by atoms with Crippen molar-refractivity contribution in [1.29, 1.82) is 0 Å². The van der Waals surface area contributed by atoms with Crippen molar-refractivity contribution in [1.82, 2.24) is 9.88 Å². The smallest absolute Gasteiger partial charge is 0.290 e. The van der Waals surface area contributed by atoms with Crippen molar-refractivity contribution in [2.45, 2.75) is 6.92 Å². The summed E-state index contributed by atoms with van der Waals surface area (Å²) in [6.45, 7) is 4.98. The number of hydrogen-bond acceptors (Lipinski definition) is 6. The van der Waals surface area contributed by atoms with Crippen molar-refractivity contribution >= 4 is 49.2 Å². The Morgan fingerprint density at radius 2 is 1.83 bits per heavy atom. The highest BCUT2D eigenvalue weighted by Crippen LogP contribution is 2.35. The highest BCUT2D eigenvalue weighted by molar-refractivity contribution is 7.22. The van der Waals surface area contributed by atoms with E-state index in [1.807, 2.05) is 61.2 Å². The molecule has 1 aliphatic heterocycles. The molecule has 4 aromatic rings. The van der Waals surface area contributed by atoms with Crippen molar-refractivity contribution in [3.8, 4) is 0 Å². The van der Waals surface area contributed by atoms with Gasteiger partial charge in [0.2, 0.25) is 0 Å². The number of carbonyl (C=O) groups is 1. The summed E-state index contributed by atoms with van der Waals surface area (Å²) in [6, 6.07) is 14.4. The first-order chi connectivity index (χ1) is 14.5. The summed E-state index contributed by atoms with van der Waals surface area (Å²) in [5, 5.41) is 1.92. The Balaban J connectivity index is 1.39. The summed E-state index contributed by atoms with van der Waals surface area (Å²) in [6.07, 6.45) is 0. The van der Waals surface area contributed by atoms with Gasteiger partial charge in [0.05, 0.1) is 10.2 Å². The summed E-state index contributed by atoms with van der Waals surface area (Å²) in [5.74, 6) is 0.422. The molecule has 154 valence electrons. The van der Waals surface area contributed by atoms with E-state index in [4.69, 9.17) is 4.42 Å². The maximum Gasteiger partial charge on any atom is 0.290 e. The monoisotopic (exact) mass is 420 g/mol. The number of rotatable bonds is 3. The fourth-order valence-electron chi connectivity index (χ4n) is 3.97. The first kappa shape index (κ1) is 18.9. The molecule has 2 aromatic carbocycles. The van der Waals surface area contributed by atoms with Crippen LogP contribution in [0.15, 0.2) is 46.9 Å². The fraction of sp³-hybridized carbons (Fsp3) is 0.304. The van der Waals surface area contributed by atoms with Crippen LogP contribution in [0, 0.1) is 6.92 Å². The third-order valence-corrected chi connectivity index (χ3v) is 6.89. The maximum atomic E-state index is 13.2. The highest BCUT2D eigenvalue weighted by Gasteiger charge is 2.27. The van der Waals surface area contributed by atoms with Crippen LogP contribution in [-0.2, 0) is 0 Å². The topological polar surface area (TPSA) is 52.8 Å².